The Morgan fingerprint density at radius 3 is 1.97 bits per heavy atom. The molecule has 0 aromatic heterocycles. The number of anilines is 3. The van der Waals surface area contributed by atoms with Crippen molar-refractivity contribution in [1.29, 1.82) is 0 Å². The molecular weight excluding hydrogens is 394 g/mol. The van der Waals surface area contributed by atoms with Crippen LogP contribution in [0.2, 0.25) is 0 Å². The molecule has 3 aromatic rings. The van der Waals surface area contributed by atoms with Crippen molar-refractivity contribution in [3.63, 3.8) is 0 Å². The summed E-state index contributed by atoms with van der Waals surface area (Å²) < 4.78 is 1.25. The molecule has 148 valence electrons. The number of nitrogens with zero attached hydrogens (tertiary/aromatic N) is 1. The van der Waals surface area contributed by atoms with E-state index in [4.69, 9.17) is 0 Å². The lowest BCUT2D eigenvalue weighted by molar-refractivity contribution is 0.195. The van der Waals surface area contributed by atoms with Gasteiger partial charge < -0.3 is 10.0 Å². The molecule has 0 fully saturated rings. The number of benzene rings is 3. The molecule has 1 heterocycles. The highest BCUT2D eigenvalue weighted by atomic mass is 32.2. The lowest BCUT2D eigenvalue weighted by Crippen LogP contribution is -2.18. The normalized spacial score (nSPS) is 13.6. The zero-order chi connectivity index (χ0) is 20.2. The minimum Gasteiger partial charge on any atom is -0.392 e. The topological polar surface area (TPSA) is 23.5 Å². The average molecular weight is 420 g/mol. The number of aliphatic hydroxyl groups excluding tert-OH is 1. The van der Waals surface area contributed by atoms with Gasteiger partial charge in [-0.2, -0.15) is 0 Å². The Morgan fingerprint density at radius 2 is 1.41 bits per heavy atom. The van der Waals surface area contributed by atoms with Gasteiger partial charge in [0.2, 0.25) is 0 Å². The molecule has 0 amide bonds. The van der Waals surface area contributed by atoms with E-state index in [1.807, 2.05) is 6.92 Å². The van der Waals surface area contributed by atoms with Crippen molar-refractivity contribution in [1.82, 2.24) is 0 Å². The summed E-state index contributed by atoms with van der Waals surface area (Å²) in [5.41, 5.74) is 7.28. The Bertz CT molecular complexity index is 967. The second-order valence-corrected chi connectivity index (χ2v) is 9.05. The first-order chi connectivity index (χ1) is 14.2. The molecule has 2 nitrogen and oxygen atoms in total. The van der Waals surface area contributed by atoms with Crippen molar-refractivity contribution < 1.29 is 5.11 Å². The summed E-state index contributed by atoms with van der Waals surface area (Å²) in [6, 6.07) is 27.8. The molecule has 4 rings (SSSR count). The van der Waals surface area contributed by atoms with E-state index in [1.165, 1.54) is 32.3 Å². The van der Waals surface area contributed by atoms with Gasteiger partial charge in [0, 0.05) is 32.4 Å². The van der Waals surface area contributed by atoms with E-state index in [-0.39, 0.29) is 6.10 Å². The molecule has 1 unspecified atom stereocenters. The number of fused-ring (bicyclic) bond motifs is 2. The van der Waals surface area contributed by atoms with E-state index >= 15 is 0 Å². The maximum atomic E-state index is 10.1. The van der Waals surface area contributed by atoms with Crippen LogP contribution in [0.5, 0.6) is 0 Å². The summed E-state index contributed by atoms with van der Waals surface area (Å²) in [7, 11) is 0. The average Bonchev–Trinajstić information content (AvgIpc) is 2.79. The van der Waals surface area contributed by atoms with Crippen LogP contribution < -0.4 is 4.90 Å². The number of hydrogen-bond donors (Lipinski definition) is 1. The van der Waals surface area contributed by atoms with Crippen molar-refractivity contribution in [3.8, 4) is 0 Å². The van der Waals surface area contributed by atoms with Gasteiger partial charge in [0.25, 0.3) is 0 Å². The largest absolute Gasteiger partial charge is 0.392 e. The van der Waals surface area contributed by atoms with Crippen LogP contribution >= 0.6 is 23.5 Å². The molecule has 3 aromatic carbocycles. The first-order valence-corrected chi connectivity index (χ1v) is 12.1. The van der Waals surface area contributed by atoms with E-state index in [2.05, 4.69) is 90.0 Å². The van der Waals surface area contributed by atoms with Crippen molar-refractivity contribution in [2.45, 2.75) is 19.4 Å². The highest BCUT2D eigenvalue weighted by molar-refractivity contribution is 8.22. The predicted octanol–water partition coefficient (Wildman–Crippen LogP) is 7.05. The van der Waals surface area contributed by atoms with Crippen LogP contribution in [0.1, 0.15) is 24.5 Å². The quantitative estimate of drug-likeness (QED) is 0.361. The van der Waals surface area contributed by atoms with E-state index in [0.29, 0.717) is 5.75 Å². The zero-order valence-corrected chi connectivity index (χ0v) is 18.3. The molecular formula is C25H25NOS2. The van der Waals surface area contributed by atoms with Crippen LogP contribution in [-0.2, 0) is 0 Å². The third-order valence-electron chi connectivity index (χ3n) is 5.11. The van der Waals surface area contributed by atoms with Crippen LogP contribution in [0.15, 0.2) is 83.1 Å². The minimum absolute atomic E-state index is 0.280. The van der Waals surface area contributed by atoms with Gasteiger partial charge in [-0.15, -0.1) is 23.5 Å². The third-order valence-corrected chi connectivity index (χ3v) is 7.56. The summed E-state index contributed by atoms with van der Waals surface area (Å²) in [5, 5.41) is 10.1. The van der Waals surface area contributed by atoms with Gasteiger partial charge in [-0.1, -0.05) is 61.5 Å². The van der Waals surface area contributed by atoms with Gasteiger partial charge in [-0.05, 0) is 36.9 Å². The van der Waals surface area contributed by atoms with Crippen molar-refractivity contribution in [2.24, 2.45) is 0 Å². The van der Waals surface area contributed by atoms with Crippen LogP contribution in [0.25, 0.3) is 5.57 Å². The summed E-state index contributed by atoms with van der Waals surface area (Å²) in [4.78, 5) is 2.34. The third kappa shape index (κ3) is 3.97. The van der Waals surface area contributed by atoms with E-state index < -0.39 is 0 Å². The molecule has 4 heteroatoms. The van der Waals surface area contributed by atoms with Gasteiger partial charge >= 0.3 is 0 Å². The molecule has 0 radical (unpaired) electrons. The van der Waals surface area contributed by atoms with E-state index in [9.17, 15) is 5.11 Å². The maximum absolute atomic E-state index is 10.1. The zero-order valence-electron chi connectivity index (χ0n) is 16.7. The fourth-order valence-corrected chi connectivity index (χ4v) is 5.68. The predicted molar refractivity (Wildman–Crippen MR) is 129 cm³/mol. The van der Waals surface area contributed by atoms with Crippen molar-refractivity contribution in [2.75, 3.05) is 16.9 Å². The van der Waals surface area contributed by atoms with Crippen molar-refractivity contribution >= 4 is 46.2 Å². The lowest BCUT2D eigenvalue weighted by atomic mass is 9.91. The Labute approximate surface area is 181 Å². The summed E-state index contributed by atoms with van der Waals surface area (Å²) in [6.07, 6.45) is 2.62. The number of hydrogen-bond acceptors (Lipinski definition) is 4. The lowest BCUT2D eigenvalue weighted by Gasteiger charge is -2.35. The van der Waals surface area contributed by atoms with Crippen LogP contribution in [0.4, 0.5) is 17.1 Å². The summed E-state index contributed by atoms with van der Waals surface area (Å²) in [5.74, 6) is 0.711. The van der Waals surface area contributed by atoms with Gasteiger partial charge in [0.15, 0.2) is 0 Å². The van der Waals surface area contributed by atoms with Crippen LogP contribution in [0.3, 0.4) is 0 Å². The van der Waals surface area contributed by atoms with E-state index in [1.54, 1.807) is 23.5 Å². The molecule has 0 aliphatic carbocycles. The Balaban J connectivity index is 1.92. The highest BCUT2D eigenvalue weighted by Gasteiger charge is 2.29. The number of aliphatic hydroxyl groups is 1. The smallest absolute Gasteiger partial charge is 0.0631 e. The Kier molecular flexibility index (Phi) is 6.34. The number of rotatable bonds is 6. The second kappa shape index (κ2) is 9.12. The second-order valence-electron chi connectivity index (χ2n) is 6.94. The molecule has 0 spiro atoms. The molecule has 29 heavy (non-hydrogen) atoms. The maximum Gasteiger partial charge on any atom is 0.0631 e. The van der Waals surface area contributed by atoms with Gasteiger partial charge in [-0.25, -0.2) is 0 Å². The molecule has 1 aliphatic heterocycles. The first-order valence-electron chi connectivity index (χ1n) is 9.87. The van der Waals surface area contributed by atoms with E-state index in [0.717, 1.165) is 12.1 Å². The molecule has 1 atom stereocenters. The number of thioether (sulfide) groups is 2. The van der Waals surface area contributed by atoms with Crippen molar-refractivity contribution in [3.05, 3.63) is 94.2 Å². The van der Waals surface area contributed by atoms with Gasteiger partial charge in [0.1, 0.15) is 0 Å². The molecule has 1 N–H and O–H groups in total. The summed E-state index contributed by atoms with van der Waals surface area (Å²) in [6.45, 7) is 2.03. The molecule has 0 saturated heterocycles. The van der Waals surface area contributed by atoms with Gasteiger partial charge in [-0.3, -0.25) is 0 Å². The first kappa shape index (κ1) is 20.1. The van der Waals surface area contributed by atoms with Gasteiger partial charge in [0.05, 0.1) is 17.5 Å². The Morgan fingerprint density at radius 1 is 0.862 bits per heavy atom. The summed E-state index contributed by atoms with van der Waals surface area (Å²) >= 11 is 3.53. The monoisotopic (exact) mass is 419 g/mol. The SMILES string of the molecule is CCC(O)CSC(SC)=C1c2ccccc2N(c2ccccc2)c2ccccc21. The fourth-order valence-electron chi connectivity index (χ4n) is 3.63. The fraction of sp³-hybridized carbons (Fsp3) is 0.200. The molecule has 0 saturated carbocycles. The van der Waals surface area contributed by atoms with Crippen LogP contribution in [0, 0.1) is 0 Å². The standard InChI is InChI=1S/C25H25NOS2/c1-3-19(27)17-29-25(28-2)24-20-13-7-9-15-22(20)26(18-11-5-4-6-12-18)23-16-10-8-14-21(23)24/h4-16,19,27H,3,17H2,1-2H3. The highest BCUT2D eigenvalue weighted by Crippen LogP contribution is 2.52. The molecule has 0 bridgehead atoms. The number of para-hydroxylation sites is 3. The molecule has 1 aliphatic rings. The van der Waals surface area contributed by atoms with Crippen LogP contribution in [-0.4, -0.2) is 23.2 Å². The minimum atomic E-state index is -0.280. The Hall–Kier alpha value is -2.14.